The third-order valence-corrected chi connectivity index (χ3v) is 6.24. The molecule has 0 saturated heterocycles. The highest BCUT2D eigenvalue weighted by atomic mass is 32.2. The molecule has 1 amide bonds. The van der Waals surface area contributed by atoms with Gasteiger partial charge in [-0.25, -0.2) is 4.31 Å². The van der Waals surface area contributed by atoms with Gasteiger partial charge in [-0.2, -0.15) is 8.42 Å². The zero-order valence-electron chi connectivity index (χ0n) is 15.6. The van der Waals surface area contributed by atoms with Crippen molar-refractivity contribution in [1.29, 1.82) is 0 Å². The number of ether oxygens (including phenoxy) is 1. The summed E-state index contributed by atoms with van der Waals surface area (Å²) in [6, 6.07) is 14.5. The number of hydrogen-bond acceptors (Lipinski definition) is 4. The summed E-state index contributed by atoms with van der Waals surface area (Å²) in [5, 5.41) is 0. The van der Waals surface area contributed by atoms with Gasteiger partial charge in [-0.05, 0) is 36.8 Å². The van der Waals surface area contributed by atoms with Gasteiger partial charge in [0.05, 0.1) is 18.0 Å². The van der Waals surface area contributed by atoms with E-state index in [1.54, 1.807) is 31.3 Å². The first kappa shape index (κ1) is 19.0. The molecule has 0 fully saturated rings. The summed E-state index contributed by atoms with van der Waals surface area (Å²) >= 11 is 0. The van der Waals surface area contributed by atoms with Crippen molar-refractivity contribution in [3.8, 4) is 5.75 Å². The monoisotopic (exact) mass is 389 g/mol. The molecule has 0 N–H and O–H groups in total. The molecule has 0 spiro atoms. The van der Waals surface area contributed by atoms with Crippen molar-refractivity contribution in [3.05, 3.63) is 54.1 Å². The van der Waals surface area contributed by atoms with Gasteiger partial charge in [0.15, 0.2) is 0 Å². The van der Waals surface area contributed by atoms with E-state index in [1.807, 2.05) is 31.2 Å². The number of hydrogen-bond donors (Lipinski definition) is 0. The minimum absolute atomic E-state index is 0.239. The van der Waals surface area contributed by atoms with E-state index in [1.165, 1.54) is 16.3 Å². The van der Waals surface area contributed by atoms with E-state index >= 15 is 0 Å². The van der Waals surface area contributed by atoms with Crippen molar-refractivity contribution >= 4 is 27.5 Å². The van der Waals surface area contributed by atoms with Crippen LogP contribution in [-0.4, -0.2) is 46.5 Å². The second-order valence-corrected chi connectivity index (χ2v) is 8.18. The largest absolute Gasteiger partial charge is 0.494 e. The molecule has 3 rings (SSSR count). The predicted octanol–water partition coefficient (Wildman–Crippen LogP) is 2.24. The highest BCUT2D eigenvalue weighted by Crippen LogP contribution is 2.39. The Balaban J connectivity index is 1.71. The van der Waals surface area contributed by atoms with Crippen LogP contribution in [0.15, 0.2) is 48.5 Å². The molecule has 2 aromatic rings. The highest BCUT2D eigenvalue weighted by Gasteiger charge is 2.39. The van der Waals surface area contributed by atoms with E-state index in [0.717, 1.165) is 15.6 Å². The average molecular weight is 389 g/mol. The lowest BCUT2D eigenvalue weighted by Gasteiger charge is -2.23. The van der Waals surface area contributed by atoms with Gasteiger partial charge in [0, 0.05) is 20.6 Å². The predicted molar refractivity (Wildman–Crippen MR) is 105 cm³/mol. The van der Waals surface area contributed by atoms with Gasteiger partial charge in [-0.15, -0.1) is 0 Å². The lowest BCUT2D eigenvalue weighted by molar-refractivity contribution is -0.128. The SMILES string of the molecule is CCOc1ccc(CN(C)C(=O)CN2c3ccccc3N(C)S2(=O)=O)cc1. The molecule has 27 heavy (non-hydrogen) atoms. The van der Waals surface area contributed by atoms with E-state index in [4.69, 9.17) is 4.74 Å². The van der Waals surface area contributed by atoms with Crippen LogP contribution in [0.2, 0.25) is 0 Å². The van der Waals surface area contributed by atoms with Crippen molar-refractivity contribution in [2.45, 2.75) is 13.5 Å². The molecule has 0 radical (unpaired) electrons. The number of carbonyl (C=O) groups excluding carboxylic acids is 1. The molecule has 0 bridgehead atoms. The fourth-order valence-electron chi connectivity index (χ4n) is 2.97. The average Bonchev–Trinajstić information content (AvgIpc) is 2.84. The summed E-state index contributed by atoms with van der Waals surface area (Å²) in [4.78, 5) is 14.2. The number of para-hydroxylation sites is 2. The number of anilines is 2. The highest BCUT2D eigenvalue weighted by molar-refractivity contribution is 7.94. The van der Waals surface area contributed by atoms with Gasteiger partial charge in [-0.3, -0.25) is 9.10 Å². The molecule has 0 unspecified atom stereocenters. The number of likely N-dealkylation sites (N-methyl/N-ethyl adjacent to an activating group) is 1. The fraction of sp³-hybridized carbons (Fsp3) is 0.316. The lowest BCUT2D eigenvalue weighted by Crippen LogP contribution is -2.42. The number of rotatable bonds is 6. The summed E-state index contributed by atoms with van der Waals surface area (Å²) < 4.78 is 33.0. The van der Waals surface area contributed by atoms with Crippen LogP contribution in [0.1, 0.15) is 12.5 Å². The Morgan fingerprint density at radius 1 is 1.07 bits per heavy atom. The van der Waals surface area contributed by atoms with Crippen LogP contribution in [0.5, 0.6) is 5.75 Å². The zero-order valence-corrected chi connectivity index (χ0v) is 16.4. The number of amides is 1. The fourth-order valence-corrected chi connectivity index (χ4v) is 4.34. The first-order chi connectivity index (χ1) is 12.8. The maximum absolute atomic E-state index is 12.7. The van der Waals surface area contributed by atoms with Crippen molar-refractivity contribution in [2.24, 2.45) is 0 Å². The second kappa shape index (κ2) is 7.48. The molecule has 144 valence electrons. The van der Waals surface area contributed by atoms with Crippen molar-refractivity contribution in [3.63, 3.8) is 0 Å². The molecule has 0 aromatic heterocycles. The molecule has 1 aliphatic rings. The molecule has 0 saturated carbocycles. The molecule has 0 atom stereocenters. The third kappa shape index (κ3) is 3.71. The molecule has 2 aromatic carbocycles. The van der Waals surface area contributed by atoms with Crippen LogP contribution in [0, 0.1) is 0 Å². The number of fused-ring (bicyclic) bond motifs is 1. The van der Waals surface area contributed by atoms with Crippen LogP contribution in [0.25, 0.3) is 0 Å². The van der Waals surface area contributed by atoms with E-state index in [-0.39, 0.29) is 12.5 Å². The number of nitrogens with zero attached hydrogens (tertiary/aromatic N) is 3. The van der Waals surface area contributed by atoms with Gasteiger partial charge in [0.1, 0.15) is 12.3 Å². The summed E-state index contributed by atoms with van der Waals surface area (Å²) in [5.41, 5.74) is 2.03. The maximum atomic E-state index is 12.7. The first-order valence-corrected chi connectivity index (χ1v) is 10.1. The van der Waals surface area contributed by atoms with Crippen molar-refractivity contribution in [2.75, 3.05) is 35.9 Å². The Morgan fingerprint density at radius 3 is 2.33 bits per heavy atom. The van der Waals surface area contributed by atoms with E-state index in [2.05, 4.69) is 0 Å². The quantitative estimate of drug-likeness (QED) is 0.760. The Labute approximate surface area is 159 Å². The molecule has 1 aliphatic heterocycles. The summed E-state index contributed by atoms with van der Waals surface area (Å²) in [6.07, 6.45) is 0. The molecule has 7 nitrogen and oxygen atoms in total. The lowest BCUT2D eigenvalue weighted by atomic mass is 10.2. The molecular weight excluding hydrogens is 366 g/mol. The van der Waals surface area contributed by atoms with Gasteiger partial charge in [-0.1, -0.05) is 24.3 Å². The number of carbonyl (C=O) groups is 1. The second-order valence-electron chi connectivity index (χ2n) is 6.30. The first-order valence-electron chi connectivity index (χ1n) is 8.66. The van der Waals surface area contributed by atoms with Crippen molar-refractivity contribution in [1.82, 2.24) is 4.90 Å². The molecule has 8 heteroatoms. The summed E-state index contributed by atoms with van der Waals surface area (Å²) in [5.74, 6) is 0.496. The third-order valence-electron chi connectivity index (χ3n) is 4.47. The van der Waals surface area contributed by atoms with Crippen LogP contribution in [0.4, 0.5) is 11.4 Å². The smallest absolute Gasteiger partial charge is 0.326 e. The molecular formula is C19H23N3O4S. The van der Waals surface area contributed by atoms with Crippen LogP contribution >= 0.6 is 0 Å². The Kier molecular flexibility index (Phi) is 5.27. The molecule has 1 heterocycles. The maximum Gasteiger partial charge on any atom is 0.326 e. The van der Waals surface area contributed by atoms with Gasteiger partial charge < -0.3 is 9.64 Å². The van der Waals surface area contributed by atoms with Crippen LogP contribution in [-0.2, 0) is 21.5 Å². The van der Waals surface area contributed by atoms with E-state index in [0.29, 0.717) is 24.5 Å². The minimum atomic E-state index is -3.74. The Bertz CT molecular complexity index is 928. The van der Waals surface area contributed by atoms with Gasteiger partial charge in [0.25, 0.3) is 0 Å². The Morgan fingerprint density at radius 2 is 1.70 bits per heavy atom. The number of benzene rings is 2. The zero-order chi connectivity index (χ0) is 19.6. The van der Waals surface area contributed by atoms with E-state index < -0.39 is 10.2 Å². The van der Waals surface area contributed by atoms with Gasteiger partial charge in [0.2, 0.25) is 5.91 Å². The van der Waals surface area contributed by atoms with Crippen LogP contribution < -0.4 is 13.3 Å². The molecule has 0 aliphatic carbocycles. The normalized spacial score (nSPS) is 14.8. The standard InChI is InChI=1S/C19H23N3O4S/c1-4-26-16-11-9-15(10-12-16)13-20(2)19(23)14-22-18-8-6-5-7-17(18)21(3)27(22,24)25/h5-12H,4,13-14H2,1-3H3. The van der Waals surface area contributed by atoms with Crippen molar-refractivity contribution < 1.29 is 17.9 Å². The van der Waals surface area contributed by atoms with Crippen LogP contribution in [0.3, 0.4) is 0 Å². The minimum Gasteiger partial charge on any atom is -0.494 e. The summed E-state index contributed by atoms with van der Waals surface area (Å²) in [7, 11) is -0.583. The van der Waals surface area contributed by atoms with Gasteiger partial charge >= 0.3 is 10.2 Å². The van der Waals surface area contributed by atoms with E-state index in [9.17, 15) is 13.2 Å². The Hall–Kier alpha value is -2.74. The topological polar surface area (TPSA) is 70.2 Å². The summed E-state index contributed by atoms with van der Waals surface area (Å²) in [6.45, 7) is 2.66.